The average Bonchev–Trinajstić information content (AvgIpc) is 2.98. The quantitative estimate of drug-likeness (QED) is 0.0816. The van der Waals surface area contributed by atoms with Crippen LogP contribution in [0.4, 0.5) is 34.1 Å². The van der Waals surface area contributed by atoms with Crippen molar-refractivity contribution in [2.75, 3.05) is 65.6 Å². The third-order valence-corrected chi connectivity index (χ3v) is 7.47. The summed E-state index contributed by atoms with van der Waals surface area (Å²) in [5.74, 6) is -1.12. The Hall–Kier alpha value is -4.84. The molecule has 43 heavy (non-hydrogen) atoms. The Kier molecular flexibility index (Phi) is 10.0. The van der Waals surface area contributed by atoms with Gasteiger partial charge in [-0.3, -0.25) is 0 Å². The highest BCUT2D eigenvalue weighted by Crippen LogP contribution is 2.43. The van der Waals surface area contributed by atoms with E-state index in [0.717, 1.165) is 5.69 Å². The van der Waals surface area contributed by atoms with Gasteiger partial charge in [-0.2, -0.15) is 0 Å². The molecule has 2 atom stereocenters. The first kappa shape index (κ1) is 31.1. The summed E-state index contributed by atoms with van der Waals surface area (Å²) in [5.41, 5.74) is 28.1. The molecular formula is C32H40N6O5. The molecule has 0 heterocycles. The minimum absolute atomic E-state index is 0.0225. The van der Waals surface area contributed by atoms with Crippen molar-refractivity contribution < 1.29 is 25.5 Å². The maximum absolute atomic E-state index is 12.2. The second-order valence-corrected chi connectivity index (χ2v) is 10.4. The van der Waals surface area contributed by atoms with E-state index in [-0.39, 0.29) is 44.3 Å². The maximum atomic E-state index is 12.2. The molecule has 0 spiro atoms. The van der Waals surface area contributed by atoms with Crippen molar-refractivity contribution in [3.05, 3.63) is 96.1 Å². The van der Waals surface area contributed by atoms with Gasteiger partial charge in [0.2, 0.25) is 0 Å². The van der Waals surface area contributed by atoms with Crippen LogP contribution in [0, 0.1) is 0 Å². The Morgan fingerprint density at radius 1 is 0.581 bits per heavy atom. The fraction of sp³-hybridized carbons (Fsp3) is 0.250. The van der Waals surface area contributed by atoms with E-state index in [2.05, 4.69) is 0 Å². The lowest BCUT2D eigenvalue weighted by molar-refractivity contribution is 0.132. The zero-order valence-corrected chi connectivity index (χ0v) is 23.8. The summed E-state index contributed by atoms with van der Waals surface area (Å²) >= 11 is 0. The first-order valence-corrected chi connectivity index (χ1v) is 13.9. The summed E-state index contributed by atoms with van der Waals surface area (Å²) in [6.45, 7) is -0.155. The lowest BCUT2D eigenvalue weighted by Crippen LogP contribution is -2.53. The number of nitrogens with zero attached hydrogens (tertiary/aromatic N) is 2. The number of nitrogen functional groups attached to an aromatic ring is 4. The number of phenolic OH excluding ortho intramolecular Hbond substituents is 2. The molecule has 0 aliphatic carbocycles. The molecule has 0 aliphatic heterocycles. The van der Waals surface area contributed by atoms with Crippen molar-refractivity contribution >= 4 is 34.1 Å². The Balaban J connectivity index is 1.95. The molecule has 228 valence electrons. The van der Waals surface area contributed by atoms with Gasteiger partial charge in [0, 0.05) is 70.8 Å². The van der Waals surface area contributed by atoms with Crippen molar-refractivity contribution in [3.8, 4) is 11.5 Å². The number of aliphatic hydroxyl groups is 3. The van der Waals surface area contributed by atoms with E-state index in [0.29, 0.717) is 39.6 Å². The molecule has 11 nitrogen and oxygen atoms in total. The highest BCUT2D eigenvalue weighted by Gasteiger charge is 2.39. The summed E-state index contributed by atoms with van der Waals surface area (Å²) in [5, 5.41) is 54.7. The minimum atomic E-state index is -1.21. The standard InChI is InChI=1S/C32H40N6O5/c33-20-1-7-24(8-2-20)37(13-15-39)19-30(43)32(38(14-16-40)25-9-3-21(34)4-10-25)31(26-17-22(35)5-11-28(26)41)27-18-23(36)6-12-29(27)42/h1-12,17-18,30-32,39-43H,13-16,19,33-36H2. The second kappa shape index (κ2) is 13.9. The van der Waals surface area contributed by atoms with E-state index >= 15 is 0 Å². The van der Waals surface area contributed by atoms with E-state index in [9.17, 15) is 25.5 Å². The summed E-state index contributed by atoms with van der Waals surface area (Å²) < 4.78 is 0. The highest BCUT2D eigenvalue weighted by molar-refractivity contribution is 5.61. The van der Waals surface area contributed by atoms with Gasteiger partial charge in [0.15, 0.2) is 0 Å². The van der Waals surface area contributed by atoms with E-state index in [4.69, 9.17) is 22.9 Å². The van der Waals surface area contributed by atoms with Gasteiger partial charge in [0.25, 0.3) is 0 Å². The number of hydrogen-bond donors (Lipinski definition) is 9. The van der Waals surface area contributed by atoms with E-state index in [1.54, 1.807) is 77.7 Å². The smallest absolute Gasteiger partial charge is 0.119 e. The molecule has 0 amide bonds. The normalized spacial score (nSPS) is 12.7. The van der Waals surface area contributed by atoms with Gasteiger partial charge < -0.3 is 58.3 Å². The Morgan fingerprint density at radius 2 is 1.02 bits per heavy atom. The summed E-state index contributed by atoms with van der Waals surface area (Å²) in [6.07, 6.45) is -1.21. The summed E-state index contributed by atoms with van der Waals surface area (Å²) in [4.78, 5) is 3.62. The number of nitrogens with two attached hydrogens (primary N) is 4. The molecule has 0 fully saturated rings. The van der Waals surface area contributed by atoms with Crippen LogP contribution in [-0.4, -0.2) is 70.5 Å². The zero-order valence-electron chi connectivity index (χ0n) is 23.8. The fourth-order valence-electron chi connectivity index (χ4n) is 5.48. The Morgan fingerprint density at radius 3 is 1.49 bits per heavy atom. The van der Waals surface area contributed by atoms with Gasteiger partial charge in [0.05, 0.1) is 25.4 Å². The number of benzene rings is 4. The SMILES string of the molecule is Nc1ccc(N(CCO)CC(O)C(C(c2cc(N)ccc2O)c2cc(N)ccc2O)N(CCO)c2ccc(N)cc2)cc1. The number of aliphatic hydroxyl groups excluding tert-OH is 3. The van der Waals surface area contributed by atoms with Crippen molar-refractivity contribution in [2.45, 2.75) is 18.1 Å². The first-order chi connectivity index (χ1) is 20.6. The third kappa shape index (κ3) is 7.33. The minimum Gasteiger partial charge on any atom is -0.508 e. The van der Waals surface area contributed by atoms with Gasteiger partial charge in [-0.15, -0.1) is 0 Å². The van der Waals surface area contributed by atoms with E-state index in [1.165, 1.54) is 12.1 Å². The second-order valence-electron chi connectivity index (χ2n) is 10.4. The van der Waals surface area contributed by atoms with Gasteiger partial charge in [-0.25, -0.2) is 0 Å². The fourth-order valence-corrected chi connectivity index (χ4v) is 5.48. The number of anilines is 6. The topological polar surface area (TPSA) is 212 Å². The summed E-state index contributed by atoms with van der Waals surface area (Å²) in [7, 11) is 0. The molecule has 0 radical (unpaired) electrons. The lowest BCUT2D eigenvalue weighted by atomic mass is 9.79. The molecule has 2 unspecified atom stereocenters. The van der Waals surface area contributed by atoms with Crippen LogP contribution in [0.25, 0.3) is 0 Å². The van der Waals surface area contributed by atoms with Gasteiger partial charge in [-0.1, -0.05) is 0 Å². The van der Waals surface area contributed by atoms with Crippen LogP contribution in [0.3, 0.4) is 0 Å². The molecule has 4 rings (SSSR count). The molecular weight excluding hydrogens is 548 g/mol. The molecule has 0 bridgehead atoms. The van der Waals surface area contributed by atoms with Crippen molar-refractivity contribution in [1.82, 2.24) is 0 Å². The monoisotopic (exact) mass is 588 g/mol. The number of phenols is 2. The van der Waals surface area contributed by atoms with Crippen molar-refractivity contribution in [3.63, 3.8) is 0 Å². The first-order valence-electron chi connectivity index (χ1n) is 13.9. The largest absolute Gasteiger partial charge is 0.508 e. The van der Waals surface area contributed by atoms with Crippen molar-refractivity contribution in [2.24, 2.45) is 0 Å². The third-order valence-electron chi connectivity index (χ3n) is 7.47. The molecule has 0 aromatic heterocycles. The van der Waals surface area contributed by atoms with E-state index < -0.39 is 18.1 Å². The molecule has 11 heteroatoms. The van der Waals surface area contributed by atoms with Crippen LogP contribution in [-0.2, 0) is 0 Å². The van der Waals surface area contributed by atoms with Crippen molar-refractivity contribution in [1.29, 1.82) is 0 Å². The van der Waals surface area contributed by atoms with Crippen LogP contribution < -0.4 is 32.7 Å². The highest BCUT2D eigenvalue weighted by atomic mass is 16.3. The molecule has 0 saturated heterocycles. The van der Waals surface area contributed by atoms with Crippen LogP contribution in [0.5, 0.6) is 11.5 Å². The molecule has 13 N–H and O–H groups in total. The predicted octanol–water partition coefficient (Wildman–Crippen LogP) is 2.29. The number of rotatable bonds is 13. The Bertz CT molecular complexity index is 1430. The van der Waals surface area contributed by atoms with Gasteiger partial charge in [-0.05, 0) is 84.9 Å². The van der Waals surface area contributed by atoms with Crippen LogP contribution in [0.1, 0.15) is 17.0 Å². The zero-order chi connectivity index (χ0) is 31.1. The van der Waals surface area contributed by atoms with Crippen LogP contribution >= 0.6 is 0 Å². The molecule has 4 aromatic rings. The van der Waals surface area contributed by atoms with Crippen LogP contribution in [0.2, 0.25) is 0 Å². The molecule has 0 aliphatic rings. The summed E-state index contributed by atoms with van der Waals surface area (Å²) in [6, 6.07) is 22.3. The lowest BCUT2D eigenvalue weighted by Gasteiger charge is -2.43. The molecule has 4 aromatic carbocycles. The van der Waals surface area contributed by atoms with Gasteiger partial charge >= 0.3 is 0 Å². The number of hydrogen-bond acceptors (Lipinski definition) is 11. The Labute approximate surface area is 250 Å². The van der Waals surface area contributed by atoms with Crippen LogP contribution in [0.15, 0.2) is 84.9 Å². The maximum Gasteiger partial charge on any atom is 0.119 e. The molecule has 0 saturated carbocycles. The van der Waals surface area contributed by atoms with E-state index in [1.807, 2.05) is 4.90 Å². The predicted molar refractivity (Wildman–Crippen MR) is 172 cm³/mol. The average molecular weight is 589 g/mol. The number of aromatic hydroxyl groups is 2. The van der Waals surface area contributed by atoms with Gasteiger partial charge in [0.1, 0.15) is 11.5 Å².